The van der Waals surface area contributed by atoms with Gasteiger partial charge in [-0.1, -0.05) is 12.1 Å². The number of fused-ring (bicyclic) bond motifs is 2. The summed E-state index contributed by atoms with van der Waals surface area (Å²) in [6, 6.07) is 17.6. The van der Waals surface area contributed by atoms with E-state index < -0.39 is 0 Å². The third kappa shape index (κ3) is 3.90. The average Bonchev–Trinajstić information content (AvgIpc) is 3.27. The van der Waals surface area contributed by atoms with Crippen LogP contribution in [0, 0.1) is 5.92 Å². The van der Waals surface area contributed by atoms with Crippen molar-refractivity contribution in [2.75, 3.05) is 18.4 Å². The highest BCUT2D eigenvalue weighted by molar-refractivity contribution is 5.97. The van der Waals surface area contributed by atoms with E-state index in [1.54, 1.807) is 12.4 Å². The third-order valence-corrected chi connectivity index (χ3v) is 7.02. The smallest absolute Gasteiger partial charge is 0.0966 e. The molecule has 1 unspecified atom stereocenters. The predicted molar refractivity (Wildman–Crippen MR) is 138 cm³/mol. The average molecular weight is 449 g/mol. The van der Waals surface area contributed by atoms with Crippen molar-refractivity contribution in [3.8, 4) is 11.1 Å². The first-order valence-electron chi connectivity index (χ1n) is 11.9. The topological polar surface area (TPSA) is 67.7 Å². The molecule has 3 aromatic heterocycles. The molecule has 0 radical (unpaired) electrons. The van der Waals surface area contributed by atoms with Gasteiger partial charge in [-0.05, 0) is 84.8 Å². The van der Waals surface area contributed by atoms with Crippen LogP contribution in [0.25, 0.3) is 33.1 Å². The molecule has 2 N–H and O–H groups in total. The predicted octanol–water partition coefficient (Wildman–Crippen LogP) is 5.34. The highest BCUT2D eigenvalue weighted by atomic mass is 15.0. The maximum Gasteiger partial charge on any atom is 0.0966 e. The second kappa shape index (κ2) is 8.88. The van der Waals surface area contributed by atoms with Gasteiger partial charge in [0.05, 0.1) is 17.1 Å². The van der Waals surface area contributed by atoms with Crippen molar-refractivity contribution in [2.45, 2.75) is 18.9 Å². The summed E-state index contributed by atoms with van der Waals surface area (Å²) in [6.45, 7) is 2.11. The number of nitrogens with zero attached hydrogens (tertiary/aromatic N) is 4. The van der Waals surface area contributed by atoms with Crippen molar-refractivity contribution in [3.63, 3.8) is 0 Å². The summed E-state index contributed by atoms with van der Waals surface area (Å²) in [5, 5.41) is 8.61. The minimum absolute atomic E-state index is 0.211. The lowest BCUT2D eigenvalue weighted by Gasteiger charge is -2.32. The Bertz CT molecular complexity index is 1440. The van der Waals surface area contributed by atoms with Gasteiger partial charge in [-0.3, -0.25) is 15.0 Å². The second-order valence-corrected chi connectivity index (χ2v) is 9.14. The summed E-state index contributed by atoms with van der Waals surface area (Å²) in [6.07, 6.45) is 11.7. The standard InChI is InChI=1S/C28H28N6/c1-34-15-8-19-2-3-22(16-26(19)34)24-17-23(18-25-28(24)32-14-13-31-25)33-27(20-4-9-29-10-5-20)21-6-11-30-12-7-21/h2-5,8-10,13-18,21,27,30,33H,6-7,11-12H2,1H3. The molecule has 1 aliphatic rings. The van der Waals surface area contributed by atoms with E-state index in [1.807, 2.05) is 12.4 Å². The monoisotopic (exact) mass is 448 g/mol. The van der Waals surface area contributed by atoms with Crippen molar-refractivity contribution < 1.29 is 0 Å². The Morgan fingerprint density at radius 3 is 2.62 bits per heavy atom. The lowest BCUT2D eigenvalue weighted by molar-refractivity contribution is 0.335. The molecule has 4 heterocycles. The number of hydrogen-bond donors (Lipinski definition) is 2. The molecule has 6 rings (SSSR count). The molecule has 0 spiro atoms. The molecule has 34 heavy (non-hydrogen) atoms. The van der Waals surface area contributed by atoms with E-state index in [2.05, 4.69) is 86.9 Å². The number of pyridine rings is 1. The Kier molecular flexibility index (Phi) is 5.43. The molecule has 1 saturated heterocycles. The third-order valence-electron chi connectivity index (χ3n) is 7.02. The van der Waals surface area contributed by atoms with Crippen LogP contribution in [0.15, 0.2) is 79.5 Å². The Hall–Kier alpha value is -3.77. The van der Waals surface area contributed by atoms with E-state index in [0.29, 0.717) is 5.92 Å². The van der Waals surface area contributed by atoms with Crippen LogP contribution in [0.5, 0.6) is 0 Å². The fourth-order valence-corrected chi connectivity index (χ4v) is 5.21. The molecule has 5 aromatic rings. The number of benzene rings is 2. The van der Waals surface area contributed by atoms with Crippen LogP contribution >= 0.6 is 0 Å². The fraction of sp³-hybridized carbons (Fsp3) is 0.250. The SMILES string of the molecule is Cn1ccc2ccc(-c3cc(NC(c4ccncc4)C4CCNCC4)cc4nccnc34)cc21. The van der Waals surface area contributed by atoms with E-state index in [4.69, 9.17) is 4.98 Å². The zero-order valence-corrected chi connectivity index (χ0v) is 19.3. The van der Waals surface area contributed by atoms with E-state index >= 15 is 0 Å². The lowest BCUT2D eigenvalue weighted by Crippen LogP contribution is -2.33. The minimum Gasteiger partial charge on any atom is -0.378 e. The van der Waals surface area contributed by atoms with Crippen molar-refractivity contribution in [1.82, 2.24) is 24.8 Å². The minimum atomic E-state index is 0.211. The first kappa shape index (κ1) is 20.8. The number of nitrogens with one attached hydrogen (secondary N) is 2. The summed E-state index contributed by atoms with van der Waals surface area (Å²) in [4.78, 5) is 13.6. The first-order chi connectivity index (χ1) is 16.8. The summed E-state index contributed by atoms with van der Waals surface area (Å²) in [7, 11) is 2.08. The molecule has 170 valence electrons. The molecule has 6 nitrogen and oxygen atoms in total. The van der Waals surface area contributed by atoms with Gasteiger partial charge < -0.3 is 15.2 Å². The van der Waals surface area contributed by atoms with Gasteiger partial charge in [0.2, 0.25) is 0 Å². The van der Waals surface area contributed by atoms with Crippen molar-refractivity contribution in [3.05, 3.63) is 85.1 Å². The van der Waals surface area contributed by atoms with Crippen LogP contribution in [0.2, 0.25) is 0 Å². The number of hydrogen-bond acceptors (Lipinski definition) is 5. The van der Waals surface area contributed by atoms with Gasteiger partial charge in [-0.2, -0.15) is 0 Å². The van der Waals surface area contributed by atoms with Gasteiger partial charge in [0.15, 0.2) is 0 Å². The Labute approximate surface area is 199 Å². The summed E-state index contributed by atoms with van der Waals surface area (Å²) >= 11 is 0. The molecule has 1 aliphatic heterocycles. The highest BCUT2D eigenvalue weighted by Crippen LogP contribution is 2.36. The molecule has 6 heteroatoms. The van der Waals surface area contributed by atoms with E-state index in [-0.39, 0.29) is 6.04 Å². The summed E-state index contributed by atoms with van der Waals surface area (Å²) in [5.74, 6) is 0.546. The normalized spacial score (nSPS) is 15.6. The summed E-state index contributed by atoms with van der Waals surface area (Å²) < 4.78 is 2.16. The number of rotatable bonds is 5. The molecule has 2 aromatic carbocycles. The molecular weight excluding hydrogens is 420 g/mol. The van der Waals surface area contributed by atoms with E-state index in [9.17, 15) is 0 Å². The van der Waals surface area contributed by atoms with Crippen LogP contribution < -0.4 is 10.6 Å². The van der Waals surface area contributed by atoms with Crippen LogP contribution in [0.4, 0.5) is 5.69 Å². The molecular formula is C28H28N6. The Morgan fingerprint density at radius 2 is 1.76 bits per heavy atom. The maximum absolute atomic E-state index is 4.70. The zero-order valence-electron chi connectivity index (χ0n) is 19.3. The van der Waals surface area contributed by atoms with Crippen LogP contribution in [-0.4, -0.2) is 32.6 Å². The highest BCUT2D eigenvalue weighted by Gasteiger charge is 2.25. The molecule has 0 amide bonds. The Morgan fingerprint density at radius 1 is 0.941 bits per heavy atom. The number of aryl methyl sites for hydroxylation is 1. The van der Waals surface area contributed by atoms with E-state index in [1.165, 1.54) is 16.5 Å². The first-order valence-corrected chi connectivity index (χ1v) is 11.9. The van der Waals surface area contributed by atoms with Crippen molar-refractivity contribution in [1.29, 1.82) is 0 Å². The molecule has 0 aliphatic carbocycles. The van der Waals surface area contributed by atoms with Gasteiger partial charge in [0, 0.05) is 54.8 Å². The van der Waals surface area contributed by atoms with Gasteiger partial charge in [-0.15, -0.1) is 0 Å². The van der Waals surface area contributed by atoms with Gasteiger partial charge >= 0.3 is 0 Å². The fourth-order valence-electron chi connectivity index (χ4n) is 5.21. The molecule has 1 fully saturated rings. The van der Waals surface area contributed by atoms with Gasteiger partial charge in [-0.25, -0.2) is 0 Å². The van der Waals surface area contributed by atoms with E-state index in [0.717, 1.165) is 53.8 Å². The van der Waals surface area contributed by atoms with Crippen LogP contribution in [0.1, 0.15) is 24.4 Å². The largest absolute Gasteiger partial charge is 0.378 e. The van der Waals surface area contributed by atoms with Gasteiger partial charge in [0.1, 0.15) is 0 Å². The second-order valence-electron chi connectivity index (χ2n) is 9.14. The lowest BCUT2D eigenvalue weighted by atomic mass is 9.86. The number of aromatic nitrogens is 4. The zero-order chi connectivity index (χ0) is 22.9. The van der Waals surface area contributed by atoms with Crippen molar-refractivity contribution >= 4 is 27.6 Å². The number of anilines is 1. The molecule has 1 atom stereocenters. The summed E-state index contributed by atoms with van der Waals surface area (Å²) in [5.41, 5.74) is 7.60. The molecule has 0 bridgehead atoms. The van der Waals surface area contributed by atoms with Gasteiger partial charge in [0.25, 0.3) is 0 Å². The molecule has 0 saturated carbocycles. The van der Waals surface area contributed by atoms with Crippen molar-refractivity contribution in [2.24, 2.45) is 13.0 Å². The van der Waals surface area contributed by atoms with Crippen LogP contribution in [0.3, 0.4) is 0 Å². The van der Waals surface area contributed by atoms with Crippen LogP contribution in [-0.2, 0) is 7.05 Å². The Balaban J connectivity index is 1.45. The number of piperidine rings is 1. The quantitative estimate of drug-likeness (QED) is 0.380. The maximum atomic E-state index is 4.70.